The molecule has 5 heteroatoms. The molecule has 2 atom stereocenters. The second-order valence-corrected chi connectivity index (χ2v) is 5.84. The SMILES string of the molecule is NC1CC2CCC(C1)N2C(=O)Cc1ccc(F)c(F)c1. The van der Waals surface area contributed by atoms with Gasteiger partial charge in [0.15, 0.2) is 11.6 Å². The van der Waals surface area contributed by atoms with E-state index in [0.717, 1.165) is 37.8 Å². The molecular weight excluding hydrogens is 262 g/mol. The predicted octanol–water partition coefficient (Wildman–Crippen LogP) is 1.99. The highest BCUT2D eigenvalue weighted by atomic mass is 19.2. The molecule has 2 N–H and O–H groups in total. The molecule has 3 nitrogen and oxygen atoms in total. The molecule has 0 aliphatic carbocycles. The lowest BCUT2D eigenvalue weighted by Gasteiger charge is -2.37. The largest absolute Gasteiger partial charge is 0.336 e. The maximum atomic E-state index is 13.2. The Kier molecular flexibility index (Phi) is 3.46. The van der Waals surface area contributed by atoms with Crippen LogP contribution < -0.4 is 5.73 Å². The van der Waals surface area contributed by atoms with Crippen molar-refractivity contribution in [2.75, 3.05) is 0 Å². The average Bonchev–Trinajstić information content (AvgIpc) is 2.66. The van der Waals surface area contributed by atoms with E-state index in [1.54, 1.807) is 0 Å². The lowest BCUT2D eigenvalue weighted by atomic mass is 9.97. The van der Waals surface area contributed by atoms with Crippen LogP contribution in [0.3, 0.4) is 0 Å². The quantitative estimate of drug-likeness (QED) is 0.900. The van der Waals surface area contributed by atoms with Crippen molar-refractivity contribution in [3.8, 4) is 0 Å². The fourth-order valence-electron chi connectivity index (χ4n) is 3.54. The summed E-state index contributed by atoms with van der Waals surface area (Å²) in [6.07, 6.45) is 3.82. The number of benzene rings is 1. The summed E-state index contributed by atoms with van der Waals surface area (Å²) in [5, 5.41) is 0. The normalized spacial score (nSPS) is 28.8. The van der Waals surface area contributed by atoms with Crippen LogP contribution in [0, 0.1) is 11.6 Å². The van der Waals surface area contributed by atoms with Gasteiger partial charge in [0.05, 0.1) is 6.42 Å². The first-order valence-electron chi connectivity index (χ1n) is 7.05. The molecule has 2 bridgehead atoms. The summed E-state index contributed by atoms with van der Waals surface area (Å²) in [7, 11) is 0. The second kappa shape index (κ2) is 5.13. The molecule has 2 aliphatic rings. The molecule has 1 amide bonds. The van der Waals surface area contributed by atoms with Gasteiger partial charge in [0.1, 0.15) is 0 Å². The Morgan fingerprint density at radius 2 is 1.85 bits per heavy atom. The third-order valence-electron chi connectivity index (χ3n) is 4.40. The van der Waals surface area contributed by atoms with Crippen molar-refractivity contribution >= 4 is 5.91 Å². The van der Waals surface area contributed by atoms with Gasteiger partial charge < -0.3 is 10.6 Å². The number of halogens is 2. The van der Waals surface area contributed by atoms with Gasteiger partial charge in [0, 0.05) is 18.1 Å². The van der Waals surface area contributed by atoms with Crippen LogP contribution in [0.2, 0.25) is 0 Å². The van der Waals surface area contributed by atoms with Gasteiger partial charge in [0.25, 0.3) is 0 Å². The standard InChI is InChI=1S/C15H18F2N2O/c16-13-4-1-9(5-14(13)17)6-15(20)19-11-2-3-12(19)8-10(18)7-11/h1,4-5,10-12H,2-3,6-8,18H2. The van der Waals surface area contributed by atoms with Crippen molar-refractivity contribution < 1.29 is 13.6 Å². The number of amides is 1. The van der Waals surface area contributed by atoms with Crippen molar-refractivity contribution in [1.29, 1.82) is 0 Å². The molecule has 0 spiro atoms. The van der Waals surface area contributed by atoms with Crippen molar-refractivity contribution in [2.24, 2.45) is 5.73 Å². The lowest BCUT2D eigenvalue weighted by Crippen LogP contribution is -2.50. The monoisotopic (exact) mass is 280 g/mol. The van der Waals surface area contributed by atoms with Crippen molar-refractivity contribution in [1.82, 2.24) is 4.90 Å². The number of carbonyl (C=O) groups excluding carboxylic acids is 1. The summed E-state index contributed by atoms with van der Waals surface area (Å²) in [6.45, 7) is 0. The third kappa shape index (κ3) is 2.42. The highest BCUT2D eigenvalue weighted by Crippen LogP contribution is 2.35. The zero-order chi connectivity index (χ0) is 14.3. The zero-order valence-corrected chi connectivity index (χ0v) is 11.2. The number of nitrogens with zero attached hydrogens (tertiary/aromatic N) is 1. The van der Waals surface area contributed by atoms with E-state index in [2.05, 4.69) is 0 Å². The topological polar surface area (TPSA) is 46.3 Å². The number of rotatable bonds is 2. The molecule has 2 aliphatic heterocycles. The first-order valence-corrected chi connectivity index (χ1v) is 7.05. The highest BCUT2D eigenvalue weighted by molar-refractivity contribution is 5.80. The van der Waals surface area contributed by atoms with E-state index in [9.17, 15) is 13.6 Å². The van der Waals surface area contributed by atoms with E-state index in [4.69, 9.17) is 5.73 Å². The minimum atomic E-state index is -0.904. The van der Waals surface area contributed by atoms with E-state index >= 15 is 0 Å². The second-order valence-electron chi connectivity index (χ2n) is 5.84. The number of hydrogen-bond acceptors (Lipinski definition) is 2. The van der Waals surface area contributed by atoms with Gasteiger partial charge >= 0.3 is 0 Å². The summed E-state index contributed by atoms with van der Waals surface area (Å²) >= 11 is 0. The van der Waals surface area contributed by atoms with Crippen LogP contribution in [0.5, 0.6) is 0 Å². The minimum Gasteiger partial charge on any atom is -0.336 e. The molecule has 2 heterocycles. The molecule has 108 valence electrons. The first kappa shape index (κ1) is 13.5. The average molecular weight is 280 g/mol. The predicted molar refractivity (Wildman–Crippen MR) is 70.9 cm³/mol. The summed E-state index contributed by atoms with van der Waals surface area (Å²) in [4.78, 5) is 14.3. The van der Waals surface area contributed by atoms with Gasteiger partial charge in [-0.25, -0.2) is 8.78 Å². The summed E-state index contributed by atoms with van der Waals surface area (Å²) in [5.74, 6) is -1.79. The van der Waals surface area contributed by atoms with Crippen LogP contribution in [0.25, 0.3) is 0 Å². The minimum absolute atomic E-state index is 0.00425. The Morgan fingerprint density at radius 3 is 2.45 bits per heavy atom. The molecule has 2 fully saturated rings. The summed E-state index contributed by atoms with van der Waals surface area (Å²) in [5.41, 5.74) is 6.49. The van der Waals surface area contributed by atoms with Crippen LogP contribution in [0.1, 0.15) is 31.2 Å². The van der Waals surface area contributed by atoms with Crippen LogP contribution in [0.15, 0.2) is 18.2 Å². The maximum absolute atomic E-state index is 13.2. The maximum Gasteiger partial charge on any atom is 0.227 e. The molecule has 20 heavy (non-hydrogen) atoms. The molecular formula is C15H18F2N2O. The van der Waals surface area contributed by atoms with Crippen molar-refractivity contribution in [3.63, 3.8) is 0 Å². The van der Waals surface area contributed by atoms with E-state index in [0.29, 0.717) is 5.56 Å². The molecule has 1 aromatic carbocycles. The Bertz CT molecular complexity index is 521. The zero-order valence-electron chi connectivity index (χ0n) is 11.2. The first-order chi connectivity index (χ1) is 9.54. The van der Waals surface area contributed by atoms with Gasteiger partial charge in [-0.3, -0.25) is 4.79 Å². The van der Waals surface area contributed by atoms with Crippen LogP contribution in [0.4, 0.5) is 8.78 Å². The molecule has 0 saturated carbocycles. The summed E-state index contributed by atoms with van der Waals surface area (Å²) < 4.78 is 26.1. The smallest absolute Gasteiger partial charge is 0.227 e. The Balaban J connectivity index is 1.72. The molecule has 0 aromatic heterocycles. The van der Waals surface area contributed by atoms with E-state index in [-0.39, 0.29) is 30.5 Å². The fourth-order valence-corrected chi connectivity index (χ4v) is 3.54. The summed E-state index contributed by atoms with van der Waals surface area (Å²) in [6, 6.07) is 4.26. The van der Waals surface area contributed by atoms with Crippen molar-refractivity contribution in [3.05, 3.63) is 35.4 Å². The van der Waals surface area contributed by atoms with Crippen molar-refractivity contribution in [2.45, 2.75) is 50.2 Å². The van der Waals surface area contributed by atoms with Gasteiger partial charge in [-0.15, -0.1) is 0 Å². The number of fused-ring (bicyclic) bond motifs is 2. The Morgan fingerprint density at radius 1 is 1.20 bits per heavy atom. The molecule has 1 aromatic rings. The lowest BCUT2D eigenvalue weighted by molar-refractivity contribution is -0.135. The number of piperidine rings is 1. The van der Waals surface area contributed by atoms with Gasteiger partial charge in [-0.2, -0.15) is 0 Å². The fraction of sp³-hybridized carbons (Fsp3) is 0.533. The Labute approximate surface area is 116 Å². The van der Waals surface area contributed by atoms with Crippen LogP contribution in [-0.4, -0.2) is 28.9 Å². The molecule has 2 unspecified atom stereocenters. The Hall–Kier alpha value is -1.49. The molecule has 3 rings (SSSR count). The van der Waals surface area contributed by atoms with Crippen LogP contribution in [-0.2, 0) is 11.2 Å². The third-order valence-corrected chi connectivity index (χ3v) is 4.40. The number of hydrogen-bond donors (Lipinski definition) is 1. The van der Waals surface area contributed by atoms with Gasteiger partial charge in [0.2, 0.25) is 5.91 Å². The number of carbonyl (C=O) groups is 1. The molecule has 0 radical (unpaired) electrons. The van der Waals surface area contributed by atoms with E-state index in [1.165, 1.54) is 6.07 Å². The van der Waals surface area contributed by atoms with Gasteiger partial charge in [-0.1, -0.05) is 6.07 Å². The van der Waals surface area contributed by atoms with Gasteiger partial charge in [-0.05, 0) is 43.4 Å². The molecule has 2 saturated heterocycles. The van der Waals surface area contributed by atoms with E-state index in [1.807, 2.05) is 4.90 Å². The number of nitrogens with two attached hydrogens (primary N) is 1. The highest BCUT2D eigenvalue weighted by Gasteiger charge is 2.41. The van der Waals surface area contributed by atoms with E-state index < -0.39 is 11.6 Å². The van der Waals surface area contributed by atoms with Crippen LogP contribution >= 0.6 is 0 Å².